The molecule has 0 aliphatic rings. The topological polar surface area (TPSA) is 55.8 Å². The number of hydrogen-bond donors (Lipinski definition) is 1. The van der Waals surface area contributed by atoms with E-state index in [9.17, 15) is 4.21 Å². The fourth-order valence-corrected chi connectivity index (χ4v) is 1.10. The van der Waals surface area contributed by atoms with Gasteiger partial charge in [-0.25, -0.2) is 0 Å². The van der Waals surface area contributed by atoms with Gasteiger partial charge in [0.05, 0.1) is 0 Å². The standard InChI is InChI=1S/C9H10O4S/c1-2-7-12-8-3-5-9(6-4-8)13-14(10)11/h2-6H,1,7H2,(H,10,11). The lowest BCUT2D eigenvalue weighted by Crippen LogP contribution is -1.97. The Morgan fingerprint density at radius 2 is 1.93 bits per heavy atom. The molecule has 1 rings (SSSR count). The van der Waals surface area contributed by atoms with Gasteiger partial charge in [-0.2, -0.15) is 4.21 Å². The average Bonchev–Trinajstić information content (AvgIpc) is 2.16. The molecule has 0 spiro atoms. The van der Waals surface area contributed by atoms with Crippen molar-refractivity contribution in [3.05, 3.63) is 36.9 Å². The van der Waals surface area contributed by atoms with Gasteiger partial charge in [0.15, 0.2) is 0 Å². The Hall–Kier alpha value is -1.33. The molecule has 0 aliphatic carbocycles. The Morgan fingerprint density at radius 1 is 1.36 bits per heavy atom. The summed E-state index contributed by atoms with van der Waals surface area (Å²) in [5.41, 5.74) is 0. The van der Waals surface area contributed by atoms with E-state index in [1.807, 2.05) is 0 Å². The SMILES string of the molecule is C=CCOc1ccc(OS(=O)O)cc1. The van der Waals surface area contributed by atoms with Crippen LogP contribution in [0.1, 0.15) is 0 Å². The zero-order chi connectivity index (χ0) is 10.4. The van der Waals surface area contributed by atoms with Crippen molar-refractivity contribution in [2.24, 2.45) is 0 Å². The highest BCUT2D eigenvalue weighted by Crippen LogP contribution is 2.17. The maximum Gasteiger partial charge on any atom is 0.357 e. The van der Waals surface area contributed by atoms with Gasteiger partial charge in [-0.15, -0.1) is 0 Å². The van der Waals surface area contributed by atoms with Gasteiger partial charge in [0, 0.05) is 0 Å². The van der Waals surface area contributed by atoms with Crippen molar-refractivity contribution in [3.8, 4) is 11.5 Å². The molecule has 1 aromatic carbocycles. The van der Waals surface area contributed by atoms with Crippen LogP contribution in [-0.2, 0) is 11.4 Å². The molecule has 1 unspecified atom stereocenters. The van der Waals surface area contributed by atoms with E-state index >= 15 is 0 Å². The second-order valence-electron chi connectivity index (χ2n) is 2.37. The van der Waals surface area contributed by atoms with Gasteiger partial charge in [0.2, 0.25) is 0 Å². The average molecular weight is 214 g/mol. The lowest BCUT2D eigenvalue weighted by Gasteiger charge is -2.03. The van der Waals surface area contributed by atoms with Crippen LogP contribution in [0.3, 0.4) is 0 Å². The Bertz CT molecular complexity index is 320. The highest BCUT2D eigenvalue weighted by molar-refractivity contribution is 7.74. The van der Waals surface area contributed by atoms with Gasteiger partial charge in [0.1, 0.15) is 18.1 Å². The van der Waals surface area contributed by atoms with Gasteiger partial charge in [-0.3, -0.25) is 4.55 Å². The highest BCUT2D eigenvalue weighted by Gasteiger charge is 1.98. The molecule has 0 bridgehead atoms. The van der Waals surface area contributed by atoms with Crippen molar-refractivity contribution in [1.29, 1.82) is 0 Å². The predicted octanol–water partition coefficient (Wildman–Crippen LogP) is 1.77. The van der Waals surface area contributed by atoms with Crippen LogP contribution < -0.4 is 8.92 Å². The molecule has 4 nitrogen and oxygen atoms in total. The number of rotatable bonds is 5. The van der Waals surface area contributed by atoms with E-state index in [-0.39, 0.29) is 0 Å². The zero-order valence-electron chi connectivity index (χ0n) is 7.38. The molecule has 76 valence electrons. The van der Waals surface area contributed by atoms with Gasteiger partial charge >= 0.3 is 11.4 Å². The summed E-state index contributed by atoms with van der Waals surface area (Å²) >= 11 is -2.29. The van der Waals surface area contributed by atoms with E-state index in [2.05, 4.69) is 10.8 Å². The van der Waals surface area contributed by atoms with E-state index < -0.39 is 11.4 Å². The van der Waals surface area contributed by atoms with Crippen molar-refractivity contribution >= 4 is 11.4 Å². The van der Waals surface area contributed by atoms with Gasteiger partial charge in [-0.05, 0) is 24.3 Å². The fraction of sp³-hybridized carbons (Fsp3) is 0.111. The first-order valence-electron chi connectivity index (χ1n) is 3.85. The smallest absolute Gasteiger partial charge is 0.357 e. The second kappa shape index (κ2) is 5.41. The summed E-state index contributed by atoms with van der Waals surface area (Å²) in [5, 5.41) is 0. The molecular weight excluding hydrogens is 204 g/mol. The number of hydrogen-bond acceptors (Lipinski definition) is 3. The summed E-state index contributed by atoms with van der Waals surface area (Å²) in [4.78, 5) is 0. The van der Waals surface area contributed by atoms with Gasteiger partial charge < -0.3 is 8.92 Å². The summed E-state index contributed by atoms with van der Waals surface area (Å²) in [5.74, 6) is 0.970. The monoisotopic (exact) mass is 214 g/mol. The van der Waals surface area contributed by atoms with Crippen LogP contribution in [0.15, 0.2) is 36.9 Å². The largest absolute Gasteiger partial charge is 0.490 e. The van der Waals surface area contributed by atoms with E-state index in [0.717, 1.165) is 0 Å². The fourth-order valence-electron chi connectivity index (χ4n) is 0.829. The Morgan fingerprint density at radius 3 is 2.43 bits per heavy atom. The minimum absolute atomic E-state index is 0.316. The zero-order valence-corrected chi connectivity index (χ0v) is 8.20. The summed E-state index contributed by atoms with van der Waals surface area (Å²) < 4.78 is 28.4. The highest BCUT2D eigenvalue weighted by atomic mass is 32.2. The van der Waals surface area contributed by atoms with E-state index in [1.54, 1.807) is 30.3 Å². The van der Waals surface area contributed by atoms with Crippen LogP contribution in [0, 0.1) is 0 Å². The van der Waals surface area contributed by atoms with Gasteiger partial charge in [-0.1, -0.05) is 12.7 Å². The molecule has 0 amide bonds. The van der Waals surface area contributed by atoms with Crippen LogP contribution >= 0.6 is 0 Å². The molecule has 1 aromatic rings. The molecule has 1 atom stereocenters. The molecule has 0 heterocycles. The van der Waals surface area contributed by atoms with Crippen LogP contribution in [0.2, 0.25) is 0 Å². The Kier molecular flexibility index (Phi) is 4.15. The number of ether oxygens (including phenoxy) is 1. The first-order chi connectivity index (χ1) is 6.72. The first-order valence-corrected chi connectivity index (χ1v) is 4.88. The minimum atomic E-state index is -2.29. The first kappa shape index (κ1) is 10.7. The van der Waals surface area contributed by atoms with E-state index in [1.165, 1.54) is 0 Å². The summed E-state index contributed by atoms with van der Waals surface area (Å²) in [6.45, 7) is 3.93. The van der Waals surface area contributed by atoms with E-state index in [4.69, 9.17) is 9.29 Å². The summed E-state index contributed by atoms with van der Waals surface area (Å²) in [6.07, 6.45) is 1.63. The third-order valence-corrected chi connectivity index (χ3v) is 1.69. The molecule has 0 aliphatic heterocycles. The molecule has 0 fully saturated rings. The summed E-state index contributed by atoms with van der Waals surface area (Å²) in [7, 11) is 0. The van der Waals surface area contributed by atoms with Crippen LogP contribution in [0.4, 0.5) is 0 Å². The summed E-state index contributed by atoms with van der Waals surface area (Å²) in [6, 6.07) is 6.39. The molecule has 0 saturated carbocycles. The minimum Gasteiger partial charge on any atom is -0.490 e. The lowest BCUT2D eigenvalue weighted by molar-refractivity contribution is 0.362. The van der Waals surface area contributed by atoms with Crippen molar-refractivity contribution in [2.45, 2.75) is 0 Å². The molecule has 0 radical (unpaired) electrons. The van der Waals surface area contributed by atoms with Crippen LogP contribution in [0.25, 0.3) is 0 Å². The third kappa shape index (κ3) is 3.59. The molecular formula is C9H10O4S. The molecule has 1 N–H and O–H groups in total. The van der Waals surface area contributed by atoms with Crippen molar-refractivity contribution in [1.82, 2.24) is 0 Å². The predicted molar refractivity (Wildman–Crippen MR) is 53.5 cm³/mol. The Balaban J connectivity index is 2.58. The Labute approximate surface area is 84.7 Å². The van der Waals surface area contributed by atoms with Crippen LogP contribution in [0.5, 0.6) is 11.5 Å². The molecule has 0 aromatic heterocycles. The maximum atomic E-state index is 10.3. The van der Waals surface area contributed by atoms with Crippen molar-refractivity contribution < 1.29 is 17.7 Å². The molecule has 14 heavy (non-hydrogen) atoms. The number of benzene rings is 1. The molecule has 0 saturated heterocycles. The van der Waals surface area contributed by atoms with E-state index in [0.29, 0.717) is 18.1 Å². The quantitative estimate of drug-likeness (QED) is 0.599. The normalized spacial score (nSPS) is 11.8. The maximum absolute atomic E-state index is 10.3. The van der Waals surface area contributed by atoms with Crippen molar-refractivity contribution in [3.63, 3.8) is 0 Å². The van der Waals surface area contributed by atoms with Gasteiger partial charge in [0.25, 0.3) is 0 Å². The van der Waals surface area contributed by atoms with Crippen molar-refractivity contribution in [2.75, 3.05) is 6.61 Å². The third-order valence-electron chi connectivity index (χ3n) is 1.36. The molecule has 5 heteroatoms. The van der Waals surface area contributed by atoms with Crippen LogP contribution in [-0.4, -0.2) is 15.4 Å². The second-order valence-corrected chi connectivity index (χ2v) is 2.97. The lowest BCUT2D eigenvalue weighted by atomic mass is 10.3.